The zero-order valence-electron chi connectivity index (χ0n) is 28.2. The predicted octanol–water partition coefficient (Wildman–Crippen LogP) is 2.84. The van der Waals surface area contributed by atoms with Gasteiger partial charge in [-0.3, -0.25) is 29.5 Å². The van der Waals surface area contributed by atoms with Gasteiger partial charge in [-0.15, -0.1) is 0 Å². The van der Waals surface area contributed by atoms with Crippen molar-refractivity contribution in [2.45, 2.75) is 77.7 Å². The molecule has 1 aliphatic rings. The number of amides is 5. The summed E-state index contributed by atoms with van der Waals surface area (Å²) in [5, 5.41) is 12.6. The Morgan fingerprint density at radius 1 is 0.939 bits per heavy atom. The van der Waals surface area contributed by atoms with E-state index in [1.807, 2.05) is 30.3 Å². The third kappa shape index (κ3) is 9.15. The van der Waals surface area contributed by atoms with Crippen LogP contribution in [0.25, 0.3) is 10.8 Å². The van der Waals surface area contributed by atoms with E-state index in [9.17, 15) is 28.8 Å². The van der Waals surface area contributed by atoms with E-state index in [4.69, 9.17) is 4.74 Å². The number of anilines is 1. The van der Waals surface area contributed by atoms with Gasteiger partial charge in [0.1, 0.15) is 36.2 Å². The first-order chi connectivity index (χ1) is 23.4. The molecule has 0 bridgehead atoms. The summed E-state index contributed by atoms with van der Waals surface area (Å²) in [6.07, 6.45) is 3.34. The fourth-order valence-corrected chi connectivity index (χ4v) is 5.61. The number of aldehydes is 1. The van der Waals surface area contributed by atoms with Gasteiger partial charge in [-0.25, -0.2) is 9.78 Å². The quantitative estimate of drug-likeness (QED) is 0.198. The van der Waals surface area contributed by atoms with Crippen molar-refractivity contribution in [2.75, 3.05) is 11.9 Å². The van der Waals surface area contributed by atoms with Crippen LogP contribution in [0, 0.1) is 11.8 Å². The summed E-state index contributed by atoms with van der Waals surface area (Å²) in [6, 6.07) is 8.99. The lowest BCUT2D eigenvalue weighted by atomic mass is 9.98. The molecule has 1 aliphatic heterocycles. The molecular formula is C35H43N7O7. The predicted molar refractivity (Wildman–Crippen MR) is 181 cm³/mol. The Hall–Kier alpha value is -5.40. The molecule has 0 aliphatic carbocycles. The van der Waals surface area contributed by atoms with Crippen LogP contribution in [-0.2, 0) is 23.9 Å². The fraction of sp³-hybridized carbons (Fsp3) is 0.429. The first-order valence-electron chi connectivity index (χ1n) is 16.3. The first kappa shape index (κ1) is 36.4. The van der Waals surface area contributed by atoms with Gasteiger partial charge in [0.05, 0.1) is 24.5 Å². The molecule has 4 rings (SSSR count). The van der Waals surface area contributed by atoms with Crippen LogP contribution in [0.1, 0.15) is 57.9 Å². The number of hydrogen-bond donors (Lipinski definition) is 4. The van der Waals surface area contributed by atoms with Gasteiger partial charge in [-0.1, -0.05) is 71.0 Å². The van der Waals surface area contributed by atoms with Gasteiger partial charge in [0.15, 0.2) is 0 Å². The lowest BCUT2D eigenvalue weighted by Gasteiger charge is -2.32. The summed E-state index contributed by atoms with van der Waals surface area (Å²) >= 11 is 0. The zero-order valence-corrected chi connectivity index (χ0v) is 28.2. The van der Waals surface area contributed by atoms with Gasteiger partial charge in [-0.05, 0) is 29.7 Å². The van der Waals surface area contributed by atoms with Crippen LogP contribution in [0.4, 0.5) is 10.5 Å². The van der Waals surface area contributed by atoms with Crippen LogP contribution in [-0.4, -0.2) is 87.7 Å². The van der Waals surface area contributed by atoms with Gasteiger partial charge >= 0.3 is 6.09 Å². The molecule has 2 aromatic carbocycles. The fourth-order valence-electron chi connectivity index (χ4n) is 5.61. The second-order valence-electron chi connectivity index (χ2n) is 12.6. The van der Waals surface area contributed by atoms with Gasteiger partial charge in [0.25, 0.3) is 5.91 Å². The number of carbonyl (C=O) groups is 6. The van der Waals surface area contributed by atoms with Crippen molar-refractivity contribution < 1.29 is 33.5 Å². The number of fused-ring (bicyclic) bond motifs is 1. The van der Waals surface area contributed by atoms with Crippen molar-refractivity contribution in [3.63, 3.8) is 0 Å². The Bertz CT molecular complexity index is 1660. The van der Waals surface area contributed by atoms with E-state index in [2.05, 4.69) is 31.2 Å². The number of nitrogens with one attached hydrogen (secondary N) is 4. The maximum atomic E-state index is 14.2. The highest BCUT2D eigenvalue weighted by Gasteiger charge is 2.45. The average molecular weight is 674 g/mol. The normalized spacial score (nSPS) is 17.6. The van der Waals surface area contributed by atoms with Crippen molar-refractivity contribution in [1.82, 2.24) is 30.8 Å². The molecule has 260 valence electrons. The number of ether oxygens (including phenoxy) is 1. The highest BCUT2D eigenvalue weighted by Crippen LogP contribution is 2.26. The lowest BCUT2D eigenvalue weighted by Crippen LogP contribution is -2.59. The van der Waals surface area contributed by atoms with Crippen molar-refractivity contribution >= 4 is 52.5 Å². The smallest absolute Gasteiger partial charge is 0.411 e. The molecule has 4 N–H and O–H groups in total. The zero-order chi connectivity index (χ0) is 35.7. The van der Waals surface area contributed by atoms with Crippen LogP contribution >= 0.6 is 0 Å². The van der Waals surface area contributed by atoms with E-state index < -0.39 is 65.9 Å². The van der Waals surface area contributed by atoms with Crippen LogP contribution in [0.3, 0.4) is 0 Å². The SMILES string of the molecule is CC[C@@H](C=O)NC(=O)[C@@H]1C[C@@H](OC(=O)Nc2cccc3ccccc23)CN1C(=O)[C@H](NC(=O)[C@H](NC(=O)c1cnccn1)C(C)C)C(C)C. The summed E-state index contributed by atoms with van der Waals surface area (Å²) in [5.74, 6) is -3.16. The molecule has 49 heavy (non-hydrogen) atoms. The summed E-state index contributed by atoms with van der Waals surface area (Å²) in [7, 11) is 0. The van der Waals surface area contributed by atoms with Crippen molar-refractivity contribution in [1.29, 1.82) is 0 Å². The van der Waals surface area contributed by atoms with E-state index in [0.717, 1.165) is 10.8 Å². The molecule has 0 radical (unpaired) electrons. The molecule has 1 fully saturated rings. The Morgan fingerprint density at radius 2 is 1.65 bits per heavy atom. The highest BCUT2D eigenvalue weighted by atomic mass is 16.6. The summed E-state index contributed by atoms with van der Waals surface area (Å²) in [4.78, 5) is 87.7. The van der Waals surface area contributed by atoms with E-state index >= 15 is 0 Å². The molecule has 3 aromatic rings. The number of benzene rings is 2. The number of rotatable bonds is 13. The van der Waals surface area contributed by atoms with Crippen molar-refractivity contribution in [3.05, 3.63) is 66.7 Å². The van der Waals surface area contributed by atoms with E-state index in [1.165, 1.54) is 23.5 Å². The minimum Gasteiger partial charge on any atom is -0.444 e. The van der Waals surface area contributed by atoms with E-state index in [1.54, 1.807) is 46.8 Å². The van der Waals surface area contributed by atoms with Gasteiger partial charge in [0.2, 0.25) is 17.7 Å². The highest BCUT2D eigenvalue weighted by molar-refractivity contribution is 6.00. The molecular weight excluding hydrogens is 630 g/mol. The topological polar surface area (TPSA) is 189 Å². The molecule has 5 atom stereocenters. The monoisotopic (exact) mass is 673 g/mol. The maximum absolute atomic E-state index is 14.2. The molecule has 5 amide bonds. The van der Waals surface area contributed by atoms with Gasteiger partial charge in [0, 0.05) is 24.2 Å². The number of carbonyl (C=O) groups excluding carboxylic acids is 6. The Kier molecular flexibility index (Phi) is 12.4. The third-order valence-electron chi connectivity index (χ3n) is 8.34. The summed E-state index contributed by atoms with van der Waals surface area (Å²) in [6.45, 7) is 8.57. The number of hydrogen-bond acceptors (Lipinski definition) is 9. The van der Waals surface area contributed by atoms with Crippen molar-refractivity contribution in [3.8, 4) is 0 Å². The van der Waals surface area contributed by atoms with Crippen LogP contribution in [0.2, 0.25) is 0 Å². The van der Waals surface area contributed by atoms with Crippen LogP contribution in [0.5, 0.6) is 0 Å². The number of likely N-dealkylation sites (tertiary alicyclic amines) is 1. The minimum absolute atomic E-state index is 0.0274. The minimum atomic E-state index is -1.10. The van der Waals surface area contributed by atoms with Gasteiger partial charge in [-0.2, -0.15) is 0 Å². The Labute approximate surface area is 284 Å². The van der Waals surface area contributed by atoms with E-state index in [0.29, 0.717) is 18.4 Å². The second-order valence-corrected chi connectivity index (χ2v) is 12.6. The summed E-state index contributed by atoms with van der Waals surface area (Å²) < 4.78 is 5.72. The molecule has 14 heteroatoms. The molecule has 14 nitrogen and oxygen atoms in total. The molecule has 0 saturated carbocycles. The summed E-state index contributed by atoms with van der Waals surface area (Å²) in [5.41, 5.74) is 0.563. The van der Waals surface area contributed by atoms with E-state index in [-0.39, 0.29) is 24.6 Å². The Morgan fingerprint density at radius 3 is 2.31 bits per heavy atom. The van der Waals surface area contributed by atoms with Crippen LogP contribution < -0.4 is 21.3 Å². The second kappa shape index (κ2) is 16.6. The lowest BCUT2D eigenvalue weighted by molar-refractivity contribution is -0.143. The molecule has 2 heterocycles. The largest absolute Gasteiger partial charge is 0.444 e. The first-order valence-corrected chi connectivity index (χ1v) is 16.3. The van der Waals surface area contributed by atoms with Gasteiger partial charge < -0.3 is 30.4 Å². The molecule has 0 spiro atoms. The average Bonchev–Trinajstić information content (AvgIpc) is 3.51. The third-order valence-corrected chi connectivity index (χ3v) is 8.34. The molecule has 0 unspecified atom stereocenters. The molecule has 1 saturated heterocycles. The maximum Gasteiger partial charge on any atom is 0.411 e. The van der Waals surface area contributed by atoms with Crippen LogP contribution in [0.15, 0.2) is 61.1 Å². The van der Waals surface area contributed by atoms with Crippen molar-refractivity contribution in [2.24, 2.45) is 11.8 Å². The number of aromatic nitrogens is 2. The standard InChI is InChI=1S/C35H43N7O7/c1-6-23(19-43)38-32(45)28-16-24(49-35(48)39-26-13-9-11-22-10-7-8-12-25(22)26)18-42(28)34(47)30(21(4)5)41-33(46)29(20(2)3)40-31(44)27-17-36-14-15-37-27/h7-15,17,19-21,23-24,28-30H,6,16,18H2,1-5H3,(H,38,45)(H,39,48)(H,40,44)(H,41,46)/t23-,24+,28-,29+,30+/m0/s1. The Balaban J connectivity index is 1.52. The molecule has 1 aromatic heterocycles. The number of nitrogens with zero attached hydrogens (tertiary/aromatic N) is 3.